The number of alkyl halides is 3. The Kier molecular flexibility index (Phi) is 7.07. The van der Waals surface area contributed by atoms with Crippen LogP contribution in [0.3, 0.4) is 0 Å². The molecule has 0 aliphatic carbocycles. The van der Waals surface area contributed by atoms with Gasteiger partial charge in [-0.2, -0.15) is 0 Å². The highest BCUT2D eigenvalue weighted by Gasteiger charge is 1.95. The molecule has 74 valence electrons. The smallest absolute Gasteiger partial charge is 0.245 e. The van der Waals surface area contributed by atoms with Gasteiger partial charge in [-0.3, -0.25) is 0 Å². The lowest BCUT2D eigenvalue weighted by Crippen LogP contribution is -1.88. The molecule has 1 aromatic carbocycles. The summed E-state index contributed by atoms with van der Waals surface area (Å²) >= 11 is 0. The predicted octanol–water partition coefficient (Wildman–Crippen LogP) is 3.47. The van der Waals surface area contributed by atoms with E-state index in [0.717, 1.165) is 6.42 Å². The molecule has 0 radical (unpaired) electrons. The first kappa shape index (κ1) is 12.0. The minimum atomic E-state index is -2.78. The van der Waals surface area contributed by atoms with Crippen LogP contribution in [0.4, 0.5) is 13.2 Å². The summed E-state index contributed by atoms with van der Waals surface area (Å²) in [5.74, 6) is 0. The van der Waals surface area contributed by atoms with Crippen molar-refractivity contribution >= 4 is 0 Å². The minimum absolute atomic E-state index is 1.14. The number of hydrogen-bond donors (Lipinski definition) is 0. The fourth-order valence-corrected chi connectivity index (χ4v) is 0.714. The molecule has 0 fully saturated rings. The minimum Gasteiger partial charge on any atom is -0.245 e. The Morgan fingerprint density at radius 2 is 1.62 bits per heavy atom. The Bertz CT molecular complexity index is 197. The summed E-state index contributed by atoms with van der Waals surface area (Å²) in [6, 6.07) is 10.5. The van der Waals surface area contributed by atoms with Gasteiger partial charge in [0.2, 0.25) is 0 Å². The highest BCUT2D eigenvalue weighted by Crippen LogP contribution is 1.96. The van der Waals surface area contributed by atoms with Crippen LogP contribution in [0.2, 0.25) is 0 Å². The Morgan fingerprint density at radius 1 is 1.15 bits per heavy atom. The van der Waals surface area contributed by atoms with Crippen LogP contribution < -0.4 is 0 Å². The van der Waals surface area contributed by atoms with Gasteiger partial charge in [-0.25, -0.2) is 13.2 Å². The third-order valence-corrected chi connectivity index (χ3v) is 1.37. The van der Waals surface area contributed by atoms with Crippen LogP contribution in [-0.2, 0) is 6.42 Å². The number of rotatable bonds is 2. The highest BCUT2D eigenvalue weighted by molar-refractivity contribution is 5.13. The predicted molar refractivity (Wildman–Crippen MR) is 47.8 cm³/mol. The maximum absolute atomic E-state index is 10.4. The summed E-state index contributed by atoms with van der Waals surface area (Å²) in [5, 5.41) is 0. The van der Waals surface area contributed by atoms with Crippen molar-refractivity contribution in [2.45, 2.75) is 19.8 Å². The Hall–Kier alpha value is -0.990. The summed E-state index contributed by atoms with van der Waals surface area (Å²) in [4.78, 5) is 0. The Labute approximate surface area is 76.4 Å². The lowest BCUT2D eigenvalue weighted by molar-refractivity contribution is 0.113. The summed E-state index contributed by atoms with van der Waals surface area (Å²) in [7, 11) is 0. The molecule has 0 aromatic heterocycles. The van der Waals surface area contributed by atoms with Crippen LogP contribution in [0.5, 0.6) is 0 Å². The zero-order valence-corrected chi connectivity index (χ0v) is 7.51. The van der Waals surface area contributed by atoms with Crippen LogP contribution in [0, 0.1) is 0 Å². The van der Waals surface area contributed by atoms with Crippen molar-refractivity contribution < 1.29 is 13.2 Å². The fourth-order valence-electron chi connectivity index (χ4n) is 0.714. The molecule has 1 rings (SSSR count). The molecule has 0 atom stereocenters. The van der Waals surface area contributed by atoms with Crippen molar-refractivity contribution in [3.63, 3.8) is 0 Å². The molecule has 0 saturated heterocycles. The van der Waals surface area contributed by atoms with Gasteiger partial charge >= 0.3 is 0 Å². The Morgan fingerprint density at radius 3 is 1.85 bits per heavy atom. The number of halogens is 3. The second kappa shape index (κ2) is 7.65. The standard InChI is InChI=1S/C8H10.C2H3F3/c1-2-8-6-4-3-5-7-8;3-1-2(4)5/h3-7H,2H2,1H3;2H,1H2. The van der Waals surface area contributed by atoms with Gasteiger partial charge < -0.3 is 0 Å². The molecule has 0 N–H and O–H groups in total. The zero-order chi connectivity index (χ0) is 10.1. The summed E-state index contributed by atoms with van der Waals surface area (Å²) in [6.07, 6.45) is -1.64. The maximum atomic E-state index is 10.4. The van der Waals surface area contributed by atoms with Crippen LogP contribution in [0.1, 0.15) is 12.5 Å². The number of aryl methyl sites for hydroxylation is 1. The van der Waals surface area contributed by atoms with Crippen molar-refractivity contribution in [2.24, 2.45) is 0 Å². The zero-order valence-electron chi connectivity index (χ0n) is 7.51. The molecule has 0 spiro atoms. The first-order chi connectivity index (χ1) is 6.20. The molecule has 3 heteroatoms. The van der Waals surface area contributed by atoms with Crippen LogP contribution in [-0.4, -0.2) is 13.1 Å². The van der Waals surface area contributed by atoms with Gasteiger partial charge in [0, 0.05) is 0 Å². The average Bonchev–Trinajstić information content (AvgIpc) is 2.20. The monoisotopic (exact) mass is 190 g/mol. The molecule has 0 heterocycles. The lowest BCUT2D eigenvalue weighted by Gasteiger charge is -1.89. The van der Waals surface area contributed by atoms with E-state index in [1.165, 1.54) is 5.56 Å². The molecule has 0 aliphatic rings. The summed E-state index contributed by atoms with van der Waals surface area (Å²) in [6.45, 7) is 0.634. The van der Waals surface area contributed by atoms with Crippen molar-refractivity contribution in [2.75, 3.05) is 6.67 Å². The molecule has 0 saturated carbocycles. The molecular formula is C10H13F3. The van der Waals surface area contributed by atoms with Gasteiger partial charge in [-0.1, -0.05) is 37.3 Å². The molecule has 0 aliphatic heterocycles. The van der Waals surface area contributed by atoms with Gasteiger partial charge in [0.1, 0.15) is 0 Å². The molecule has 0 bridgehead atoms. The molecule has 0 amide bonds. The van der Waals surface area contributed by atoms with E-state index < -0.39 is 13.1 Å². The fraction of sp³-hybridized carbons (Fsp3) is 0.400. The van der Waals surface area contributed by atoms with E-state index in [-0.39, 0.29) is 0 Å². The van der Waals surface area contributed by atoms with Gasteiger partial charge in [0.25, 0.3) is 6.43 Å². The van der Waals surface area contributed by atoms with Gasteiger partial charge in [-0.05, 0) is 12.0 Å². The quantitative estimate of drug-likeness (QED) is 0.669. The van der Waals surface area contributed by atoms with Crippen LogP contribution in [0.15, 0.2) is 30.3 Å². The van der Waals surface area contributed by atoms with Crippen molar-refractivity contribution in [1.82, 2.24) is 0 Å². The van der Waals surface area contributed by atoms with E-state index in [9.17, 15) is 13.2 Å². The van der Waals surface area contributed by atoms with E-state index in [1.54, 1.807) is 0 Å². The van der Waals surface area contributed by atoms with E-state index >= 15 is 0 Å². The normalized spacial score (nSPS) is 9.31. The molecule has 0 unspecified atom stereocenters. The van der Waals surface area contributed by atoms with Crippen molar-refractivity contribution in [3.8, 4) is 0 Å². The van der Waals surface area contributed by atoms with Gasteiger partial charge in [0.05, 0.1) is 0 Å². The third kappa shape index (κ3) is 7.37. The summed E-state index contributed by atoms with van der Waals surface area (Å²) < 4.78 is 31.1. The van der Waals surface area contributed by atoms with E-state index in [1.807, 2.05) is 6.07 Å². The first-order valence-electron chi connectivity index (χ1n) is 4.08. The third-order valence-electron chi connectivity index (χ3n) is 1.37. The molecule has 1 aromatic rings. The Balaban J connectivity index is 0.000000252. The second-order valence-corrected chi connectivity index (χ2v) is 2.38. The average molecular weight is 190 g/mol. The van der Waals surface area contributed by atoms with Gasteiger partial charge in [-0.15, -0.1) is 0 Å². The van der Waals surface area contributed by atoms with Gasteiger partial charge in [0.15, 0.2) is 6.67 Å². The molecule has 13 heavy (non-hydrogen) atoms. The van der Waals surface area contributed by atoms with E-state index in [4.69, 9.17) is 0 Å². The number of benzene rings is 1. The summed E-state index contributed by atoms with van der Waals surface area (Å²) in [5.41, 5.74) is 1.41. The largest absolute Gasteiger partial charge is 0.266 e. The van der Waals surface area contributed by atoms with Crippen LogP contribution >= 0.6 is 0 Å². The number of hydrogen-bond acceptors (Lipinski definition) is 0. The van der Waals surface area contributed by atoms with E-state index in [0.29, 0.717) is 0 Å². The van der Waals surface area contributed by atoms with Crippen LogP contribution in [0.25, 0.3) is 0 Å². The maximum Gasteiger partial charge on any atom is 0.266 e. The van der Waals surface area contributed by atoms with Crippen molar-refractivity contribution in [3.05, 3.63) is 35.9 Å². The first-order valence-corrected chi connectivity index (χ1v) is 4.08. The SMILES string of the molecule is CCc1ccccc1.FCC(F)F. The second-order valence-electron chi connectivity index (χ2n) is 2.38. The van der Waals surface area contributed by atoms with Crippen molar-refractivity contribution in [1.29, 1.82) is 0 Å². The highest BCUT2D eigenvalue weighted by atomic mass is 19.3. The van der Waals surface area contributed by atoms with E-state index in [2.05, 4.69) is 31.2 Å². The topological polar surface area (TPSA) is 0 Å². The molecule has 0 nitrogen and oxygen atoms in total. The molecular weight excluding hydrogens is 177 g/mol. The lowest BCUT2D eigenvalue weighted by atomic mass is 10.2.